The molecular formula is C26H22Br2. The summed E-state index contributed by atoms with van der Waals surface area (Å²) in [6, 6.07) is 23.6. The van der Waals surface area contributed by atoms with Gasteiger partial charge in [0, 0.05) is 8.95 Å². The summed E-state index contributed by atoms with van der Waals surface area (Å²) in [5.41, 5.74) is 8.28. The molecule has 0 aliphatic rings. The first-order chi connectivity index (χ1) is 13.5. The van der Waals surface area contributed by atoms with Crippen LogP contribution in [0.2, 0.25) is 0 Å². The third-order valence-electron chi connectivity index (χ3n) is 4.44. The zero-order chi connectivity index (χ0) is 20.1. The standard InChI is InChI=1S/C26H22Br2/c1-4-19(6-5-18(2)3)22-15-23(20-7-11-25(27)12-8-20)17-24(16-22)21-9-13-26(28)14-10-21/h4-17H,1H2,2-3H3/b19-6+. The van der Waals surface area contributed by atoms with Crippen molar-refractivity contribution >= 4 is 37.4 Å². The molecule has 3 rings (SSSR count). The second-order valence-corrected chi connectivity index (χ2v) is 8.71. The Morgan fingerprint density at radius 1 is 0.679 bits per heavy atom. The Balaban J connectivity index is 2.19. The Morgan fingerprint density at radius 3 is 1.54 bits per heavy atom. The first-order valence-corrected chi connectivity index (χ1v) is 10.7. The van der Waals surface area contributed by atoms with Crippen LogP contribution in [0.25, 0.3) is 27.8 Å². The van der Waals surface area contributed by atoms with Crippen molar-refractivity contribution in [1.29, 1.82) is 0 Å². The van der Waals surface area contributed by atoms with Crippen LogP contribution in [0.1, 0.15) is 19.4 Å². The predicted octanol–water partition coefficient (Wildman–Crippen LogP) is 9.08. The van der Waals surface area contributed by atoms with Gasteiger partial charge in [0.15, 0.2) is 0 Å². The average molecular weight is 494 g/mol. The molecule has 0 saturated heterocycles. The Kier molecular flexibility index (Phi) is 6.88. The molecule has 0 bridgehead atoms. The first-order valence-electron chi connectivity index (χ1n) is 9.11. The maximum absolute atomic E-state index is 4.03. The van der Waals surface area contributed by atoms with Gasteiger partial charge in [0.25, 0.3) is 0 Å². The van der Waals surface area contributed by atoms with Gasteiger partial charge >= 0.3 is 0 Å². The van der Waals surface area contributed by atoms with Gasteiger partial charge in [-0.3, -0.25) is 0 Å². The molecule has 0 saturated carbocycles. The fourth-order valence-electron chi connectivity index (χ4n) is 2.95. The number of rotatable bonds is 5. The van der Waals surface area contributed by atoms with Crippen LogP contribution in [0.5, 0.6) is 0 Å². The Morgan fingerprint density at radius 2 is 1.14 bits per heavy atom. The minimum atomic E-state index is 1.08. The lowest BCUT2D eigenvalue weighted by molar-refractivity contribution is 1.39. The highest BCUT2D eigenvalue weighted by Crippen LogP contribution is 2.32. The minimum Gasteiger partial charge on any atom is -0.0984 e. The Hall–Kier alpha value is -2.16. The third-order valence-corrected chi connectivity index (χ3v) is 5.49. The van der Waals surface area contributed by atoms with Gasteiger partial charge in [0.1, 0.15) is 0 Å². The highest BCUT2D eigenvalue weighted by molar-refractivity contribution is 9.10. The van der Waals surface area contributed by atoms with E-state index in [9.17, 15) is 0 Å². The van der Waals surface area contributed by atoms with Crippen LogP contribution in [0.15, 0.2) is 106 Å². The molecule has 0 N–H and O–H groups in total. The molecule has 0 heterocycles. The zero-order valence-electron chi connectivity index (χ0n) is 16.0. The Bertz CT molecular complexity index is 969. The maximum Gasteiger partial charge on any atom is 0.0175 e. The highest BCUT2D eigenvalue weighted by atomic mass is 79.9. The van der Waals surface area contributed by atoms with Gasteiger partial charge in [0.2, 0.25) is 0 Å². The maximum atomic E-state index is 4.03. The van der Waals surface area contributed by atoms with Gasteiger partial charge in [-0.1, -0.05) is 86.5 Å². The van der Waals surface area contributed by atoms with Gasteiger partial charge in [-0.2, -0.15) is 0 Å². The zero-order valence-corrected chi connectivity index (χ0v) is 19.2. The van der Waals surface area contributed by atoms with E-state index in [0.717, 1.165) is 20.1 Å². The lowest BCUT2D eigenvalue weighted by Crippen LogP contribution is -1.88. The molecule has 0 aliphatic carbocycles. The molecule has 0 nitrogen and oxygen atoms in total. The third kappa shape index (κ3) is 5.21. The molecule has 0 atom stereocenters. The number of allylic oxidation sites excluding steroid dienone is 5. The normalized spacial score (nSPS) is 11.2. The van der Waals surface area contributed by atoms with Crippen LogP contribution < -0.4 is 0 Å². The molecule has 0 unspecified atom stereocenters. The van der Waals surface area contributed by atoms with Crippen molar-refractivity contribution in [1.82, 2.24) is 0 Å². The number of benzene rings is 3. The summed E-state index contributed by atoms with van der Waals surface area (Å²) in [6.07, 6.45) is 6.18. The minimum absolute atomic E-state index is 1.08. The number of hydrogen-bond acceptors (Lipinski definition) is 0. The van der Waals surface area contributed by atoms with Crippen molar-refractivity contribution in [3.05, 3.63) is 112 Å². The molecule has 0 amide bonds. The molecule has 0 aliphatic heterocycles. The van der Waals surface area contributed by atoms with Gasteiger partial charge in [-0.15, -0.1) is 0 Å². The van der Waals surface area contributed by atoms with Crippen molar-refractivity contribution in [3.63, 3.8) is 0 Å². The van der Waals surface area contributed by atoms with Crippen LogP contribution >= 0.6 is 31.9 Å². The van der Waals surface area contributed by atoms with E-state index in [4.69, 9.17) is 0 Å². The number of hydrogen-bond donors (Lipinski definition) is 0. The van der Waals surface area contributed by atoms with Crippen LogP contribution in [-0.2, 0) is 0 Å². The van der Waals surface area contributed by atoms with Crippen LogP contribution in [0, 0.1) is 0 Å². The van der Waals surface area contributed by atoms with Crippen molar-refractivity contribution < 1.29 is 0 Å². The lowest BCUT2D eigenvalue weighted by Gasteiger charge is -2.12. The molecule has 0 radical (unpaired) electrons. The van der Waals surface area contributed by atoms with Crippen LogP contribution in [0.3, 0.4) is 0 Å². The molecular weight excluding hydrogens is 472 g/mol. The van der Waals surface area contributed by atoms with Crippen molar-refractivity contribution in [2.75, 3.05) is 0 Å². The van der Waals surface area contributed by atoms with E-state index in [-0.39, 0.29) is 0 Å². The lowest BCUT2D eigenvalue weighted by atomic mass is 9.93. The summed E-state index contributed by atoms with van der Waals surface area (Å²) in [5.74, 6) is 0. The van der Waals surface area contributed by atoms with Gasteiger partial charge in [0.05, 0.1) is 0 Å². The fourth-order valence-corrected chi connectivity index (χ4v) is 3.48. The van der Waals surface area contributed by atoms with E-state index in [1.807, 2.05) is 6.08 Å². The summed E-state index contributed by atoms with van der Waals surface area (Å²) >= 11 is 7.05. The average Bonchev–Trinajstić information content (AvgIpc) is 2.69. The van der Waals surface area contributed by atoms with E-state index in [0.29, 0.717) is 0 Å². The summed E-state index contributed by atoms with van der Waals surface area (Å²) < 4.78 is 2.16. The fraction of sp³-hybridized carbons (Fsp3) is 0.0769. The second-order valence-electron chi connectivity index (χ2n) is 6.88. The van der Waals surface area contributed by atoms with E-state index in [1.54, 1.807) is 0 Å². The summed E-state index contributed by atoms with van der Waals surface area (Å²) in [6.45, 7) is 8.23. The van der Waals surface area contributed by atoms with E-state index < -0.39 is 0 Å². The smallest absolute Gasteiger partial charge is 0.0175 e. The Labute approximate surface area is 184 Å². The monoisotopic (exact) mass is 492 g/mol. The van der Waals surface area contributed by atoms with E-state index in [2.05, 4.69) is 131 Å². The van der Waals surface area contributed by atoms with Gasteiger partial charge in [-0.05, 0) is 89.7 Å². The predicted molar refractivity (Wildman–Crippen MR) is 130 cm³/mol. The molecule has 2 heteroatoms. The molecule has 0 aromatic heterocycles. The highest BCUT2D eigenvalue weighted by Gasteiger charge is 2.08. The van der Waals surface area contributed by atoms with E-state index in [1.165, 1.54) is 27.8 Å². The quantitative estimate of drug-likeness (QED) is 0.311. The molecule has 3 aromatic rings. The van der Waals surface area contributed by atoms with Gasteiger partial charge < -0.3 is 0 Å². The molecule has 3 aromatic carbocycles. The molecule has 28 heavy (non-hydrogen) atoms. The summed E-state index contributed by atoms with van der Waals surface area (Å²) in [7, 11) is 0. The summed E-state index contributed by atoms with van der Waals surface area (Å²) in [4.78, 5) is 0. The SMILES string of the molecule is C=C/C(=C\C=C(C)C)c1cc(-c2ccc(Br)cc2)cc(-c2ccc(Br)cc2)c1. The second kappa shape index (κ2) is 9.36. The largest absolute Gasteiger partial charge is 0.0984 e. The molecule has 0 fully saturated rings. The van der Waals surface area contributed by atoms with Crippen molar-refractivity contribution in [3.8, 4) is 22.3 Å². The molecule has 140 valence electrons. The number of halogens is 2. The summed E-state index contributed by atoms with van der Waals surface area (Å²) in [5, 5.41) is 0. The first kappa shape index (κ1) is 20.6. The van der Waals surface area contributed by atoms with Crippen LogP contribution in [-0.4, -0.2) is 0 Å². The van der Waals surface area contributed by atoms with Gasteiger partial charge in [-0.25, -0.2) is 0 Å². The van der Waals surface area contributed by atoms with E-state index >= 15 is 0 Å². The van der Waals surface area contributed by atoms with Crippen molar-refractivity contribution in [2.45, 2.75) is 13.8 Å². The van der Waals surface area contributed by atoms with Crippen molar-refractivity contribution in [2.24, 2.45) is 0 Å². The van der Waals surface area contributed by atoms with Crippen LogP contribution in [0.4, 0.5) is 0 Å². The topological polar surface area (TPSA) is 0 Å². The molecule has 0 spiro atoms.